The van der Waals surface area contributed by atoms with E-state index in [0.29, 0.717) is 0 Å². The fraction of sp³-hybridized carbons (Fsp3) is 0.467. The molecule has 1 fully saturated rings. The van der Waals surface area contributed by atoms with E-state index in [0.717, 1.165) is 16.8 Å². The molecule has 0 aliphatic carbocycles. The molecule has 21 heavy (non-hydrogen) atoms. The fourth-order valence-electron chi connectivity index (χ4n) is 2.74. The number of hydrogen-bond donors (Lipinski definition) is 2. The number of carboxylic acids is 1. The third-order valence-electron chi connectivity index (χ3n) is 3.81. The molecule has 1 saturated heterocycles. The number of amides is 2. The smallest absolute Gasteiger partial charge is 0.326 e. The van der Waals surface area contributed by atoms with Crippen LogP contribution in [0.4, 0.5) is 10.5 Å². The van der Waals surface area contributed by atoms with E-state index < -0.39 is 24.1 Å². The molecule has 114 valence electrons. The summed E-state index contributed by atoms with van der Waals surface area (Å²) >= 11 is 0. The van der Waals surface area contributed by atoms with E-state index in [4.69, 9.17) is 0 Å². The number of nitrogens with zero attached hydrogens (tertiary/aromatic N) is 2. The van der Waals surface area contributed by atoms with E-state index in [9.17, 15) is 19.8 Å². The second-order valence-electron chi connectivity index (χ2n) is 5.53. The minimum Gasteiger partial charge on any atom is -0.480 e. The number of hydrogen-bond acceptors (Lipinski definition) is 3. The van der Waals surface area contributed by atoms with E-state index in [2.05, 4.69) is 0 Å². The second kappa shape index (κ2) is 5.73. The number of aryl methyl sites for hydroxylation is 2. The minimum absolute atomic E-state index is 0.0467. The first kappa shape index (κ1) is 15.3. The zero-order valence-electron chi connectivity index (χ0n) is 12.4. The Morgan fingerprint density at radius 1 is 1.33 bits per heavy atom. The molecule has 2 atom stereocenters. The molecule has 1 heterocycles. The highest BCUT2D eigenvalue weighted by Gasteiger charge is 2.40. The number of likely N-dealkylation sites (tertiary alicyclic amines) is 1. The zero-order chi connectivity index (χ0) is 15.7. The highest BCUT2D eigenvalue weighted by Crippen LogP contribution is 2.25. The summed E-state index contributed by atoms with van der Waals surface area (Å²) in [7, 11) is 1.61. The molecular weight excluding hydrogens is 272 g/mol. The van der Waals surface area contributed by atoms with Crippen molar-refractivity contribution in [3.8, 4) is 0 Å². The summed E-state index contributed by atoms with van der Waals surface area (Å²) in [5.41, 5.74) is 2.77. The normalized spacial score (nSPS) is 21.4. The van der Waals surface area contributed by atoms with Crippen LogP contribution in [-0.2, 0) is 4.79 Å². The maximum atomic E-state index is 12.5. The lowest BCUT2D eigenvalue weighted by Gasteiger charge is -2.28. The molecule has 0 saturated carbocycles. The zero-order valence-corrected chi connectivity index (χ0v) is 12.4. The Bertz CT molecular complexity index is 573. The molecule has 1 aromatic rings. The molecular formula is C15H20N2O4. The van der Waals surface area contributed by atoms with Gasteiger partial charge in [-0.3, -0.25) is 4.90 Å². The van der Waals surface area contributed by atoms with Crippen molar-refractivity contribution < 1.29 is 19.8 Å². The Morgan fingerprint density at radius 2 is 2.00 bits per heavy atom. The van der Waals surface area contributed by atoms with Crippen LogP contribution >= 0.6 is 0 Å². The number of carbonyl (C=O) groups excluding carboxylic acids is 1. The predicted molar refractivity (Wildman–Crippen MR) is 78.5 cm³/mol. The van der Waals surface area contributed by atoms with E-state index in [1.54, 1.807) is 7.05 Å². The van der Waals surface area contributed by atoms with Gasteiger partial charge in [-0.15, -0.1) is 0 Å². The Morgan fingerprint density at radius 3 is 2.57 bits per heavy atom. The van der Waals surface area contributed by atoms with Gasteiger partial charge in [0, 0.05) is 25.7 Å². The number of urea groups is 1. The molecule has 1 aliphatic heterocycles. The van der Waals surface area contributed by atoms with Crippen LogP contribution in [0.15, 0.2) is 18.2 Å². The number of benzene rings is 1. The van der Waals surface area contributed by atoms with Crippen molar-refractivity contribution in [3.05, 3.63) is 29.3 Å². The summed E-state index contributed by atoms with van der Waals surface area (Å²) < 4.78 is 0. The van der Waals surface area contributed by atoms with Crippen LogP contribution in [-0.4, -0.2) is 52.9 Å². The van der Waals surface area contributed by atoms with Gasteiger partial charge in [-0.05, 0) is 25.5 Å². The Kier molecular flexibility index (Phi) is 4.18. The van der Waals surface area contributed by atoms with Crippen molar-refractivity contribution in [2.24, 2.45) is 0 Å². The number of carbonyl (C=O) groups is 2. The van der Waals surface area contributed by atoms with Crippen LogP contribution in [0.1, 0.15) is 17.5 Å². The predicted octanol–water partition coefficient (Wildman–Crippen LogP) is 1.38. The largest absolute Gasteiger partial charge is 0.480 e. The lowest BCUT2D eigenvalue weighted by atomic mass is 10.1. The minimum atomic E-state index is -1.09. The van der Waals surface area contributed by atoms with Gasteiger partial charge >= 0.3 is 12.0 Å². The first-order chi connectivity index (χ1) is 9.81. The number of aliphatic hydroxyl groups excluding tert-OH is 1. The summed E-state index contributed by atoms with van der Waals surface area (Å²) in [4.78, 5) is 26.4. The quantitative estimate of drug-likeness (QED) is 0.863. The summed E-state index contributed by atoms with van der Waals surface area (Å²) in [5.74, 6) is -1.09. The van der Waals surface area contributed by atoms with Crippen LogP contribution in [0.2, 0.25) is 0 Å². The SMILES string of the molecule is Cc1ccc(N(C)C(=O)N2C[C@@H](O)C[C@H]2C(=O)O)c(C)c1. The average molecular weight is 292 g/mol. The van der Waals surface area contributed by atoms with Crippen molar-refractivity contribution in [1.29, 1.82) is 0 Å². The van der Waals surface area contributed by atoms with Gasteiger partial charge in [-0.1, -0.05) is 17.7 Å². The summed E-state index contributed by atoms with van der Waals surface area (Å²) in [6.45, 7) is 3.92. The van der Waals surface area contributed by atoms with Gasteiger partial charge in [0.05, 0.1) is 6.10 Å². The third-order valence-corrected chi connectivity index (χ3v) is 3.81. The number of carboxylic acid groups (broad SMARTS) is 1. The first-order valence-electron chi connectivity index (χ1n) is 6.83. The molecule has 6 nitrogen and oxygen atoms in total. The number of anilines is 1. The second-order valence-corrected chi connectivity index (χ2v) is 5.53. The number of rotatable bonds is 2. The molecule has 2 amide bonds. The third kappa shape index (κ3) is 3.00. The molecule has 0 radical (unpaired) electrons. The van der Waals surface area contributed by atoms with Gasteiger partial charge < -0.3 is 15.1 Å². The maximum Gasteiger partial charge on any atom is 0.326 e. The Hall–Kier alpha value is -2.08. The van der Waals surface area contributed by atoms with E-state index in [1.165, 1.54) is 9.80 Å². The number of aliphatic carboxylic acids is 1. The molecule has 0 spiro atoms. The van der Waals surface area contributed by atoms with Crippen molar-refractivity contribution in [2.45, 2.75) is 32.4 Å². The number of β-amino-alcohol motifs (C(OH)–C–C–N with tert-alkyl or cyclic N) is 1. The van der Waals surface area contributed by atoms with Gasteiger partial charge in [0.15, 0.2) is 0 Å². The molecule has 0 unspecified atom stereocenters. The van der Waals surface area contributed by atoms with Crippen molar-refractivity contribution >= 4 is 17.7 Å². The van der Waals surface area contributed by atoms with E-state index >= 15 is 0 Å². The molecule has 6 heteroatoms. The Balaban J connectivity index is 2.24. The highest BCUT2D eigenvalue weighted by molar-refractivity contribution is 5.95. The van der Waals surface area contributed by atoms with Crippen molar-refractivity contribution in [2.75, 3.05) is 18.5 Å². The van der Waals surface area contributed by atoms with Crippen molar-refractivity contribution in [3.63, 3.8) is 0 Å². The molecule has 0 aromatic heterocycles. The van der Waals surface area contributed by atoms with E-state index in [1.807, 2.05) is 32.0 Å². The van der Waals surface area contributed by atoms with Gasteiger partial charge in [0.25, 0.3) is 0 Å². The highest BCUT2D eigenvalue weighted by atomic mass is 16.4. The summed E-state index contributed by atoms with van der Waals surface area (Å²) in [6.07, 6.45) is -0.718. The van der Waals surface area contributed by atoms with Gasteiger partial charge in [0.2, 0.25) is 0 Å². The first-order valence-corrected chi connectivity index (χ1v) is 6.83. The van der Waals surface area contributed by atoms with Gasteiger partial charge in [-0.25, -0.2) is 9.59 Å². The topological polar surface area (TPSA) is 81.1 Å². The molecule has 1 aromatic carbocycles. The number of aliphatic hydroxyl groups is 1. The van der Waals surface area contributed by atoms with Crippen LogP contribution in [0.5, 0.6) is 0 Å². The van der Waals surface area contributed by atoms with Crippen LogP contribution in [0, 0.1) is 13.8 Å². The summed E-state index contributed by atoms with van der Waals surface area (Å²) in [5, 5.41) is 18.8. The monoisotopic (exact) mass is 292 g/mol. The molecule has 2 rings (SSSR count). The van der Waals surface area contributed by atoms with Crippen LogP contribution in [0.3, 0.4) is 0 Å². The maximum absolute atomic E-state index is 12.5. The van der Waals surface area contributed by atoms with E-state index in [-0.39, 0.29) is 13.0 Å². The summed E-state index contributed by atoms with van der Waals surface area (Å²) in [6, 6.07) is 4.32. The lowest BCUT2D eigenvalue weighted by Crippen LogP contribution is -2.47. The van der Waals surface area contributed by atoms with Crippen molar-refractivity contribution in [1.82, 2.24) is 4.90 Å². The van der Waals surface area contributed by atoms with Crippen LogP contribution in [0.25, 0.3) is 0 Å². The fourth-order valence-corrected chi connectivity index (χ4v) is 2.74. The lowest BCUT2D eigenvalue weighted by molar-refractivity contribution is -0.141. The average Bonchev–Trinajstić information content (AvgIpc) is 2.79. The standard InChI is InChI=1S/C15H20N2O4/c1-9-4-5-12(10(2)6-9)16(3)15(21)17-8-11(18)7-13(17)14(19)20/h4-6,11,13,18H,7-8H2,1-3H3,(H,19,20)/t11-,13-/m0/s1. The van der Waals surface area contributed by atoms with Gasteiger partial charge in [0.1, 0.15) is 6.04 Å². The van der Waals surface area contributed by atoms with Gasteiger partial charge in [-0.2, -0.15) is 0 Å². The molecule has 2 N–H and O–H groups in total. The Labute approximate surface area is 123 Å². The van der Waals surface area contributed by atoms with Crippen LogP contribution < -0.4 is 4.90 Å². The molecule has 1 aliphatic rings. The molecule has 0 bridgehead atoms.